The van der Waals surface area contributed by atoms with Crippen molar-refractivity contribution in [2.24, 2.45) is 0 Å². The third-order valence-electron chi connectivity index (χ3n) is 4.26. The minimum absolute atomic E-state index is 0.142. The van der Waals surface area contributed by atoms with Gasteiger partial charge in [0.05, 0.1) is 0 Å². The van der Waals surface area contributed by atoms with Gasteiger partial charge in [-0.2, -0.15) is 0 Å². The van der Waals surface area contributed by atoms with Crippen molar-refractivity contribution in [1.29, 1.82) is 0 Å². The molecule has 0 aliphatic heterocycles. The van der Waals surface area contributed by atoms with Gasteiger partial charge < -0.3 is 20.1 Å². The summed E-state index contributed by atoms with van der Waals surface area (Å²) in [4.78, 5) is 19.9. The van der Waals surface area contributed by atoms with Gasteiger partial charge in [0.2, 0.25) is 0 Å². The quantitative estimate of drug-likeness (QED) is 0.488. The van der Waals surface area contributed by atoms with Crippen molar-refractivity contribution in [2.45, 2.75) is 13.3 Å². The highest BCUT2D eigenvalue weighted by Crippen LogP contribution is 2.18. The van der Waals surface area contributed by atoms with Gasteiger partial charge in [0.1, 0.15) is 11.6 Å². The maximum Gasteiger partial charge on any atom is 0.251 e. The van der Waals surface area contributed by atoms with E-state index in [9.17, 15) is 4.79 Å². The third kappa shape index (κ3) is 3.82. The van der Waals surface area contributed by atoms with Gasteiger partial charge in [0.15, 0.2) is 5.82 Å². The van der Waals surface area contributed by atoms with E-state index in [1.165, 1.54) is 10.9 Å². The number of para-hydroxylation sites is 1. The van der Waals surface area contributed by atoms with Gasteiger partial charge >= 0.3 is 0 Å². The minimum Gasteiger partial charge on any atom is -0.361 e. The van der Waals surface area contributed by atoms with Crippen molar-refractivity contribution in [3.8, 4) is 0 Å². The number of benzene rings is 1. The molecule has 7 nitrogen and oxygen atoms in total. The second-order valence-electron chi connectivity index (χ2n) is 6.24. The lowest BCUT2D eigenvalue weighted by Crippen LogP contribution is -2.25. The van der Waals surface area contributed by atoms with Crippen LogP contribution in [0.3, 0.4) is 0 Å². The summed E-state index contributed by atoms with van der Waals surface area (Å²) in [6.07, 6.45) is 4.33. The van der Waals surface area contributed by atoms with Crippen LogP contribution in [-0.2, 0) is 6.42 Å². The molecule has 3 heterocycles. The lowest BCUT2D eigenvalue weighted by molar-refractivity contribution is 0.0954. The molecule has 0 radical (unpaired) electrons. The number of rotatable bonds is 6. The molecule has 4 aromatic rings. The molecule has 136 valence electrons. The third-order valence-corrected chi connectivity index (χ3v) is 4.26. The van der Waals surface area contributed by atoms with Crippen LogP contribution in [0.25, 0.3) is 10.9 Å². The normalized spacial score (nSPS) is 10.9. The molecule has 1 amide bonds. The van der Waals surface area contributed by atoms with E-state index < -0.39 is 0 Å². The lowest BCUT2D eigenvalue weighted by Gasteiger charge is -2.07. The van der Waals surface area contributed by atoms with Gasteiger partial charge in [-0.15, -0.1) is 0 Å². The highest BCUT2D eigenvalue weighted by atomic mass is 16.5. The Bertz CT molecular complexity index is 1080. The molecule has 0 unspecified atom stereocenters. The van der Waals surface area contributed by atoms with Crippen molar-refractivity contribution >= 4 is 28.4 Å². The van der Waals surface area contributed by atoms with Gasteiger partial charge in [-0.05, 0) is 37.1 Å². The van der Waals surface area contributed by atoms with Crippen LogP contribution in [0, 0.1) is 6.92 Å². The van der Waals surface area contributed by atoms with Crippen molar-refractivity contribution in [2.75, 3.05) is 11.9 Å². The fraction of sp³-hybridized carbons (Fsp3) is 0.150. The van der Waals surface area contributed by atoms with E-state index in [4.69, 9.17) is 4.52 Å². The van der Waals surface area contributed by atoms with Crippen LogP contribution < -0.4 is 10.6 Å². The fourth-order valence-corrected chi connectivity index (χ4v) is 2.95. The number of nitrogens with zero attached hydrogens (tertiary/aromatic N) is 2. The number of amides is 1. The van der Waals surface area contributed by atoms with Crippen LogP contribution in [-0.4, -0.2) is 27.6 Å². The standard InChI is InChI=1S/C20H19N5O2/c1-13-10-19(25-27-13)24-18-11-14(6-8-21-18)20(26)22-9-7-15-12-23-17-5-3-2-4-16(15)17/h2-6,8,10-12,23H,7,9H2,1H3,(H,22,26)(H,21,24,25). The molecule has 4 rings (SSSR count). The first kappa shape index (κ1) is 16.8. The highest BCUT2D eigenvalue weighted by Gasteiger charge is 2.09. The summed E-state index contributed by atoms with van der Waals surface area (Å²) in [6.45, 7) is 2.36. The van der Waals surface area contributed by atoms with Crippen molar-refractivity contribution in [3.05, 3.63) is 71.7 Å². The molecule has 27 heavy (non-hydrogen) atoms. The molecule has 0 spiro atoms. The summed E-state index contributed by atoms with van der Waals surface area (Å²) in [5.41, 5.74) is 2.82. The summed E-state index contributed by atoms with van der Waals surface area (Å²) in [5.74, 6) is 1.64. The first-order chi connectivity index (χ1) is 13.2. The zero-order valence-electron chi connectivity index (χ0n) is 14.8. The van der Waals surface area contributed by atoms with Crippen LogP contribution in [0.4, 0.5) is 11.6 Å². The smallest absolute Gasteiger partial charge is 0.251 e. The van der Waals surface area contributed by atoms with Crippen molar-refractivity contribution in [1.82, 2.24) is 20.4 Å². The Kier molecular flexibility index (Phi) is 4.57. The van der Waals surface area contributed by atoms with Crippen LogP contribution >= 0.6 is 0 Å². The van der Waals surface area contributed by atoms with Crippen LogP contribution in [0.1, 0.15) is 21.7 Å². The number of hydrogen-bond donors (Lipinski definition) is 3. The van der Waals surface area contributed by atoms with Gasteiger partial charge in [-0.3, -0.25) is 4.79 Å². The van der Waals surface area contributed by atoms with E-state index in [0.717, 1.165) is 11.9 Å². The number of nitrogens with one attached hydrogen (secondary N) is 3. The Morgan fingerprint density at radius 1 is 1.19 bits per heavy atom. The summed E-state index contributed by atoms with van der Waals surface area (Å²) in [6, 6.07) is 13.3. The Balaban J connectivity index is 1.37. The van der Waals surface area contributed by atoms with Crippen LogP contribution in [0.2, 0.25) is 0 Å². The molecule has 0 atom stereocenters. The number of carbonyl (C=O) groups excluding carboxylic acids is 1. The molecule has 0 aliphatic carbocycles. The van der Waals surface area contributed by atoms with E-state index >= 15 is 0 Å². The van der Waals surface area contributed by atoms with Crippen LogP contribution in [0.5, 0.6) is 0 Å². The van der Waals surface area contributed by atoms with E-state index in [0.29, 0.717) is 29.5 Å². The lowest BCUT2D eigenvalue weighted by atomic mass is 10.1. The Labute approximate surface area is 155 Å². The monoisotopic (exact) mass is 361 g/mol. The van der Waals surface area contributed by atoms with E-state index in [1.54, 1.807) is 24.4 Å². The topological polar surface area (TPSA) is 95.8 Å². The first-order valence-corrected chi connectivity index (χ1v) is 8.68. The molecular formula is C20H19N5O2. The average Bonchev–Trinajstić information content (AvgIpc) is 3.28. The number of aromatic nitrogens is 3. The zero-order chi connectivity index (χ0) is 18.6. The number of pyridine rings is 1. The Morgan fingerprint density at radius 2 is 2.07 bits per heavy atom. The maximum atomic E-state index is 12.4. The SMILES string of the molecule is Cc1cc(Nc2cc(C(=O)NCCc3c[nH]c4ccccc34)ccn2)no1. The molecule has 1 aromatic carbocycles. The predicted octanol–water partition coefficient (Wildman–Crippen LogP) is 3.58. The largest absolute Gasteiger partial charge is 0.361 e. The number of anilines is 2. The number of aryl methyl sites for hydroxylation is 1. The molecule has 3 aromatic heterocycles. The Morgan fingerprint density at radius 3 is 2.93 bits per heavy atom. The van der Waals surface area contributed by atoms with E-state index in [1.807, 2.05) is 31.3 Å². The fourth-order valence-electron chi connectivity index (χ4n) is 2.95. The van der Waals surface area contributed by atoms with Gasteiger partial charge in [-0.1, -0.05) is 23.4 Å². The Hall–Kier alpha value is -3.61. The number of hydrogen-bond acceptors (Lipinski definition) is 5. The maximum absolute atomic E-state index is 12.4. The predicted molar refractivity (Wildman–Crippen MR) is 103 cm³/mol. The second kappa shape index (κ2) is 7.33. The number of fused-ring (bicyclic) bond motifs is 1. The van der Waals surface area contributed by atoms with E-state index in [-0.39, 0.29) is 5.91 Å². The van der Waals surface area contributed by atoms with Crippen LogP contribution in [0.15, 0.2) is 59.4 Å². The van der Waals surface area contributed by atoms with Crippen molar-refractivity contribution < 1.29 is 9.32 Å². The van der Waals surface area contributed by atoms with E-state index in [2.05, 4.69) is 31.8 Å². The molecule has 7 heteroatoms. The van der Waals surface area contributed by atoms with Crippen molar-refractivity contribution in [3.63, 3.8) is 0 Å². The summed E-state index contributed by atoms with van der Waals surface area (Å²) >= 11 is 0. The average molecular weight is 361 g/mol. The molecular weight excluding hydrogens is 342 g/mol. The molecule has 0 bridgehead atoms. The number of carbonyl (C=O) groups is 1. The van der Waals surface area contributed by atoms with Gasteiger partial charge in [-0.25, -0.2) is 4.98 Å². The molecule has 0 saturated heterocycles. The summed E-state index contributed by atoms with van der Waals surface area (Å²) in [5, 5.41) is 11.0. The highest BCUT2D eigenvalue weighted by molar-refractivity contribution is 5.95. The molecule has 0 fully saturated rings. The number of H-pyrrole nitrogens is 1. The summed E-state index contributed by atoms with van der Waals surface area (Å²) in [7, 11) is 0. The molecule has 3 N–H and O–H groups in total. The second-order valence-corrected chi connectivity index (χ2v) is 6.24. The van der Waals surface area contributed by atoms with Gasteiger partial charge in [0, 0.05) is 41.5 Å². The van der Waals surface area contributed by atoms with Gasteiger partial charge in [0.25, 0.3) is 5.91 Å². The summed E-state index contributed by atoms with van der Waals surface area (Å²) < 4.78 is 5.01. The number of aromatic amines is 1. The first-order valence-electron chi connectivity index (χ1n) is 8.68. The molecule has 0 saturated carbocycles. The molecule has 0 aliphatic rings. The minimum atomic E-state index is -0.142. The zero-order valence-corrected chi connectivity index (χ0v) is 14.8.